The SMILES string of the molecule is CCCCC(CC)CP(=O)(CC(CC)CCCC)N(Cl)c1ccccc1. The van der Waals surface area contributed by atoms with Crippen molar-refractivity contribution in [1.29, 1.82) is 0 Å². The van der Waals surface area contributed by atoms with E-state index in [0.717, 1.165) is 43.7 Å². The van der Waals surface area contributed by atoms with E-state index in [2.05, 4.69) is 27.7 Å². The maximum Gasteiger partial charge on any atom is 0.186 e. The van der Waals surface area contributed by atoms with Crippen LogP contribution in [0.3, 0.4) is 0 Å². The van der Waals surface area contributed by atoms with Crippen LogP contribution in [-0.2, 0) is 4.57 Å². The summed E-state index contributed by atoms with van der Waals surface area (Å²) in [5.41, 5.74) is 0.869. The largest absolute Gasteiger partial charge is 0.299 e. The number of unbranched alkanes of at least 4 members (excludes halogenated alkanes) is 2. The van der Waals surface area contributed by atoms with Crippen LogP contribution in [-0.4, -0.2) is 12.3 Å². The van der Waals surface area contributed by atoms with Gasteiger partial charge in [0.25, 0.3) is 0 Å². The summed E-state index contributed by atoms with van der Waals surface area (Å²) in [6.45, 7) is 8.89. The lowest BCUT2D eigenvalue weighted by Gasteiger charge is -2.33. The molecule has 0 N–H and O–H groups in total. The Bertz CT molecular complexity index is 500. The maximum atomic E-state index is 14.2. The second kappa shape index (κ2) is 12.8. The minimum atomic E-state index is -2.66. The van der Waals surface area contributed by atoms with Gasteiger partial charge in [0.1, 0.15) is 0 Å². The lowest BCUT2D eigenvalue weighted by Crippen LogP contribution is -2.21. The Morgan fingerprint density at radius 1 is 0.885 bits per heavy atom. The Labute approximate surface area is 167 Å². The third-order valence-electron chi connectivity index (χ3n) is 5.46. The molecule has 0 aliphatic carbocycles. The van der Waals surface area contributed by atoms with Crippen molar-refractivity contribution in [2.75, 3.05) is 16.5 Å². The fraction of sp³-hybridized carbons (Fsp3) is 0.727. The summed E-state index contributed by atoms with van der Waals surface area (Å²) in [4.78, 5) is 0. The number of para-hydroxylation sites is 1. The smallest absolute Gasteiger partial charge is 0.186 e. The Balaban J connectivity index is 3.03. The van der Waals surface area contributed by atoms with Crippen LogP contribution in [0, 0.1) is 11.8 Å². The highest BCUT2D eigenvalue weighted by molar-refractivity contribution is 7.67. The molecule has 1 aromatic carbocycles. The molecule has 150 valence electrons. The molecule has 0 saturated carbocycles. The predicted octanol–water partition coefficient (Wildman–Crippen LogP) is 8.36. The first kappa shape index (κ1) is 23.6. The van der Waals surface area contributed by atoms with Crippen LogP contribution in [0.25, 0.3) is 0 Å². The number of hydrogen-bond acceptors (Lipinski definition) is 1. The second-order valence-electron chi connectivity index (χ2n) is 7.64. The number of anilines is 1. The van der Waals surface area contributed by atoms with E-state index in [4.69, 9.17) is 11.8 Å². The third-order valence-corrected chi connectivity index (χ3v) is 9.53. The monoisotopic (exact) mass is 399 g/mol. The first-order chi connectivity index (χ1) is 12.5. The number of hydrogen-bond donors (Lipinski definition) is 0. The van der Waals surface area contributed by atoms with Crippen LogP contribution in [0.2, 0.25) is 0 Å². The molecule has 2 nitrogen and oxygen atoms in total. The van der Waals surface area contributed by atoms with Crippen LogP contribution in [0.4, 0.5) is 5.69 Å². The van der Waals surface area contributed by atoms with E-state index in [1.54, 1.807) is 4.19 Å². The van der Waals surface area contributed by atoms with Gasteiger partial charge in [-0.1, -0.05) is 84.4 Å². The van der Waals surface area contributed by atoms with Crippen molar-refractivity contribution in [3.63, 3.8) is 0 Å². The summed E-state index contributed by atoms with van der Waals surface area (Å²) in [7, 11) is -2.66. The van der Waals surface area contributed by atoms with Gasteiger partial charge in [0, 0.05) is 24.1 Å². The maximum absolute atomic E-state index is 14.2. The Morgan fingerprint density at radius 2 is 1.35 bits per heavy atom. The van der Waals surface area contributed by atoms with Gasteiger partial charge in [0.15, 0.2) is 7.29 Å². The minimum absolute atomic E-state index is 0.495. The van der Waals surface area contributed by atoms with Crippen molar-refractivity contribution in [3.05, 3.63) is 30.3 Å². The molecule has 4 heteroatoms. The molecular formula is C22H39ClNOP. The zero-order valence-corrected chi connectivity index (χ0v) is 18.9. The first-order valence-electron chi connectivity index (χ1n) is 10.6. The Kier molecular flexibility index (Phi) is 11.6. The van der Waals surface area contributed by atoms with Crippen LogP contribution >= 0.6 is 19.1 Å². The van der Waals surface area contributed by atoms with E-state index in [-0.39, 0.29) is 0 Å². The van der Waals surface area contributed by atoms with E-state index >= 15 is 0 Å². The molecule has 0 spiro atoms. The van der Waals surface area contributed by atoms with Crippen molar-refractivity contribution < 1.29 is 4.57 Å². The van der Waals surface area contributed by atoms with Crippen LogP contribution in [0.5, 0.6) is 0 Å². The quantitative estimate of drug-likeness (QED) is 0.231. The predicted molar refractivity (Wildman–Crippen MR) is 119 cm³/mol. The molecule has 26 heavy (non-hydrogen) atoms. The molecule has 0 aliphatic heterocycles. The molecule has 0 heterocycles. The molecule has 0 fully saturated rings. The molecule has 0 aliphatic rings. The molecule has 0 bridgehead atoms. The summed E-state index contributed by atoms with van der Waals surface area (Å²) in [5, 5.41) is 0. The van der Waals surface area contributed by atoms with Gasteiger partial charge in [-0.25, -0.2) is 4.19 Å². The van der Waals surface area contributed by atoms with E-state index in [9.17, 15) is 4.57 Å². The number of benzene rings is 1. The topological polar surface area (TPSA) is 20.3 Å². The summed E-state index contributed by atoms with van der Waals surface area (Å²) < 4.78 is 15.8. The molecule has 0 amide bonds. The molecule has 2 unspecified atom stereocenters. The number of nitrogens with zero attached hydrogens (tertiary/aromatic N) is 1. The highest BCUT2D eigenvalue weighted by atomic mass is 35.5. The highest BCUT2D eigenvalue weighted by Gasteiger charge is 2.34. The lowest BCUT2D eigenvalue weighted by molar-refractivity contribution is 0.463. The Hall–Kier alpha value is -0.460. The van der Waals surface area contributed by atoms with Crippen LogP contribution < -0.4 is 4.19 Å². The third kappa shape index (κ3) is 7.65. The van der Waals surface area contributed by atoms with Gasteiger partial charge in [0.2, 0.25) is 0 Å². The summed E-state index contributed by atoms with van der Waals surface area (Å²) in [6.07, 6.45) is 10.7. The number of halogens is 1. The van der Waals surface area contributed by atoms with E-state index in [1.165, 1.54) is 25.7 Å². The van der Waals surface area contributed by atoms with Crippen molar-refractivity contribution in [2.24, 2.45) is 11.8 Å². The second-order valence-corrected chi connectivity index (χ2v) is 11.0. The molecule has 0 aromatic heterocycles. The van der Waals surface area contributed by atoms with E-state index < -0.39 is 7.29 Å². The first-order valence-corrected chi connectivity index (χ1v) is 13.0. The molecule has 0 saturated heterocycles. The van der Waals surface area contributed by atoms with Gasteiger partial charge in [-0.05, 0) is 36.8 Å². The van der Waals surface area contributed by atoms with Crippen LogP contribution in [0.15, 0.2) is 30.3 Å². The van der Waals surface area contributed by atoms with Gasteiger partial charge >= 0.3 is 0 Å². The van der Waals surface area contributed by atoms with Gasteiger partial charge in [-0.15, -0.1) is 0 Å². The summed E-state index contributed by atoms with van der Waals surface area (Å²) in [6, 6.07) is 9.86. The van der Waals surface area contributed by atoms with Gasteiger partial charge in [0.05, 0.1) is 5.69 Å². The average Bonchev–Trinajstić information content (AvgIpc) is 2.68. The fourth-order valence-electron chi connectivity index (χ4n) is 3.62. The van der Waals surface area contributed by atoms with E-state index in [1.807, 2.05) is 30.3 Å². The normalized spacial score (nSPS) is 16.0. The van der Waals surface area contributed by atoms with Crippen molar-refractivity contribution in [2.45, 2.75) is 79.1 Å². The number of rotatable bonds is 14. The van der Waals surface area contributed by atoms with Crippen molar-refractivity contribution in [3.8, 4) is 0 Å². The zero-order valence-electron chi connectivity index (χ0n) is 17.3. The lowest BCUT2D eigenvalue weighted by atomic mass is 10.0. The zero-order chi connectivity index (χ0) is 19.4. The molecule has 2 atom stereocenters. The summed E-state index contributed by atoms with van der Waals surface area (Å²) >= 11 is 6.75. The van der Waals surface area contributed by atoms with Gasteiger partial charge < -0.3 is 0 Å². The van der Waals surface area contributed by atoms with E-state index in [0.29, 0.717) is 11.8 Å². The molecule has 1 rings (SSSR count). The van der Waals surface area contributed by atoms with Crippen molar-refractivity contribution in [1.82, 2.24) is 0 Å². The standard InChI is InChI=1S/C22H39ClNOP/c1-5-9-14-20(7-3)18-26(25,19-21(8-4)15-10-6-2)24(23)22-16-12-11-13-17-22/h11-13,16-17,20-21H,5-10,14-15,18-19H2,1-4H3. The fourth-order valence-corrected chi connectivity index (χ4v) is 7.59. The van der Waals surface area contributed by atoms with Gasteiger partial charge in [-0.3, -0.25) is 4.57 Å². The van der Waals surface area contributed by atoms with Crippen LogP contribution in [0.1, 0.15) is 79.1 Å². The summed E-state index contributed by atoms with van der Waals surface area (Å²) in [5.74, 6) is 0.990. The minimum Gasteiger partial charge on any atom is -0.299 e. The average molecular weight is 400 g/mol. The molecular weight excluding hydrogens is 361 g/mol. The highest BCUT2D eigenvalue weighted by Crippen LogP contribution is 2.57. The molecule has 0 radical (unpaired) electrons. The molecule has 1 aromatic rings. The Morgan fingerprint density at radius 3 is 1.73 bits per heavy atom. The van der Waals surface area contributed by atoms with Crippen molar-refractivity contribution >= 4 is 24.8 Å². The van der Waals surface area contributed by atoms with Gasteiger partial charge in [-0.2, -0.15) is 0 Å².